The number of hydrogen-bond donors (Lipinski definition) is 0. The maximum Gasteiger partial charge on any atom is 0.253 e. The molecule has 0 spiro atoms. The molecular weight excluding hydrogens is 535 g/mol. The van der Waals surface area contributed by atoms with Gasteiger partial charge in [-0.05, 0) is 57.6 Å². The lowest BCUT2D eigenvalue weighted by molar-refractivity contribution is -0.123. The molecular formula is C22H26Cl2N4O3S3. The number of nitrogens with zero attached hydrogens (tertiary/aromatic N) is 4. The molecule has 3 aromatic rings. The Morgan fingerprint density at radius 1 is 1.15 bits per heavy atom. The number of carbonyl (C=O) groups is 1. The second-order valence-corrected chi connectivity index (χ2v) is 13.7. The Hall–Kier alpha value is -1.27. The number of anilines is 1. The molecule has 184 valence electrons. The number of halogens is 2. The van der Waals surface area contributed by atoms with Crippen molar-refractivity contribution in [2.75, 3.05) is 38.6 Å². The monoisotopic (exact) mass is 560 g/mol. The number of sulfonamides is 1. The number of aryl methyl sites for hydroxylation is 1. The average Bonchev–Trinajstić information content (AvgIpc) is 3.44. The molecule has 1 aliphatic rings. The number of piperidine rings is 1. The van der Waals surface area contributed by atoms with Crippen LogP contribution in [-0.4, -0.2) is 68.3 Å². The van der Waals surface area contributed by atoms with Gasteiger partial charge in [0.25, 0.3) is 10.0 Å². The number of fused-ring (bicyclic) bond motifs is 1. The lowest BCUT2D eigenvalue weighted by atomic mass is 10.0. The van der Waals surface area contributed by atoms with Crippen molar-refractivity contribution in [3.05, 3.63) is 39.2 Å². The summed E-state index contributed by atoms with van der Waals surface area (Å²) in [6, 6.07) is 6.00. The van der Waals surface area contributed by atoms with Gasteiger partial charge in [0.1, 0.15) is 10.3 Å². The highest BCUT2D eigenvalue weighted by atomic mass is 35.5. The van der Waals surface area contributed by atoms with Crippen molar-refractivity contribution >= 4 is 77.2 Å². The first-order valence-electron chi connectivity index (χ1n) is 10.9. The predicted octanol–water partition coefficient (Wildman–Crippen LogP) is 5.11. The van der Waals surface area contributed by atoms with Crippen LogP contribution in [0.25, 0.3) is 10.2 Å². The number of hydrogen-bond acceptors (Lipinski definition) is 7. The van der Waals surface area contributed by atoms with Crippen LogP contribution >= 0.6 is 45.9 Å². The first-order chi connectivity index (χ1) is 16.1. The minimum Gasteiger partial charge on any atom is -0.308 e. The third-order valence-corrected chi connectivity index (χ3v) is 10.9. The molecule has 0 radical (unpaired) electrons. The fraction of sp³-hybridized carbons (Fsp3) is 0.455. The largest absolute Gasteiger partial charge is 0.308 e. The smallest absolute Gasteiger partial charge is 0.253 e. The zero-order chi connectivity index (χ0) is 24.6. The van der Waals surface area contributed by atoms with Crippen LogP contribution in [0.1, 0.15) is 24.8 Å². The molecule has 1 atom stereocenters. The Balaban J connectivity index is 1.73. The van der Waals surface area contributed by atoms with Gasteiger partial charge in [-0.2, -0.15) is 4.31 Å². The van der Waals surface area contributed by atoms with E-state index >= 15 is 0 Å². The van der Waals surface area contributed by atoms with E-state index in [4.69, 9.17) is 28.2 Å². The van der Waals surface area contributed by atoms with Crippen molar-refractivity contribution in [1.29, 1.82) is 0 Å². The Bertz CT molecular complexity index is 1270. The van der Waals surface area contributed by atoms with Crippen LogP contribution < -0.4 is 4.90 Å². The average molecular weight is 562 g/mol. The van der Waals surface area contributed by atoms with E-state index in [-0.39, 0.29) is 10.1 Å². The number of aromatic nitrogens is 1. The molecule has 4 rings (SSSR count). The summed E-state index contributed by atoms with van der Waals surface area (Å²) in [6.45, 7) is 3.24. The van der Waals surface area contributed by atoms with Crippen LogP contribution in [0.4, 0.5) is 5.13 Å². The molecule has 34 heavy (non-hydrogen) atoms. The molecule has 2 aromatic heterocycles. The molecule has 0 aliphatic carbocycles. The Morgan fingerprint density at radius 2 is 1.91 bits per heavy atom. The highest BCUT2D eigenvalue weighted by Crippen LogP contribution is 2.37. The Labute approximate surface area is 217 Å². The van der Waals surface area contributed by atoms with Crippen LogP contribution in [-0.2, 0) is 14.8 Å². The van der Waals surface area contributed by atoms with Crippen LogP contribution in [0.5, 0.6) is 0 Å². The minimum absolute atomic E-state index is 0.152. The number of thiazole rings is 1. The van der Waals surface area contributed by atoms with Gasteiger partial charge in [0, 0.05) is 19.6 Å². The van der Waals surface area contributed by atoms with Gasteiger partial charge in [0.2, 0.25) is 5.91 Å². The van der Waals surface area contributed by atoms with E-state index in [0.717, 1.165) is 33.5 Å². The summed E-state index contributed by atoms with van der Waals surface area (Å²) >= 11 is 14.8. The fourth-order valence-corrected chi connectivity index (χ4v) is 8.59. The molecule has 1 unspecified atom stereocenters. The highest BCUT2D eigenvalue weighted by molar-refractivity contribution is 7.91. The van der Waals surface area contributed by atoms with Gasteiger partial charge in [-0.25, -0.2) is 13.4 Å². The van der Waals surface area contributed by atoms with Crippen LogP contribution in [0.3, 0.4) is 0 Å². The topological polar surface area (TPSA) is 73.8 Å². The van der Waals surface area contributed by atoms with Crippen LogP contribution in [0.2, 0.25) is 9.36 Å². The second-order valence-electron chi connectivity index (χ2n) is 8.52. The molecule has 1 saturated heterocycles. The van der Waals surface area contributed by atoms with Crippen LogP contribution in [0, 0.1) is 6.92 Å². The number of benzene rings is 1. The Kier molecular flexibility index (Phi) is 7.88. The minimum atomic E-state index is -3.85. The summed E-state index contributed by atoms with van der Waals surface area (Å²) < 4.78 is 29.6. The van der Waals surface area contributed by atoms with Crippen molar-refractivity contribution in [1.82, 2.24) is 14.2 Å². The van der Waals surface area contributed by atoms with Crippen molar-refractivity contribution in [3.8, 4) is 0 Å². The molecule has 7 nitrogen and oxygen atoms in total. The van der Waals surface area contributed by atoms with Gasteiger partial charge in [-0.1, -0.05) is 47.0 Å². The maximum atomic E-state index is 14.0. The van der Waals surface area contributed by atoms with Crippen molar-refractivity contribution in [2.24, 2.45) is 0 Å². The molecule has 12 heteroatoms. The highest BCUT2D eigenvalue weighted by Gasteiger charge is 2.41. The van der Waals surface area contributed by atoms with E-state index in [1.165, 1.54) is 21.7 Å². The molecule has 1 fully saturated rings. The van der Waals surface area contributed by atoms with Crippen LogP contribution in [0.15, 0.2) is 28.5 Å². The SMILES string of the molecule is Cc1ccc(Cl)c2sc(N(CCN(C)C)C(=O)C3CCCCN3S(=O)(=O)c3ccc(Cl)s3)nc12. The molecule has 3 heterocycles. The summed E-state index contributed by atoms with van der Waals surface area (Å²) in [5.74, 6) is -0.263. The molecule has 0 N–H and O–H groups in total. The Morgan fingerprint density at radius 3 is 2.56 bits per heavy atom. The lowest BCUT2D eigenvalue weighted by Gasteiger charge is -2.36. The normalized spacial score (nSPS) is 17.5. The molecule has 0 bridgehead atoms. The van der Waals surface area contributed by atoms with E-state index in [2.05, 4.69) is 0 Å². The number of carbonyl (C=O) groups excluding carboxylic acids is 1. The van der Waals surface area contributed by atoms with Gasteiger partial charge < -0.3 is 4.90 Å². The molecule has 1 aliphatic heterocycles. The quantitative estimate of drug-likeness (QED) is 0.401. The zero-order valence-corrected chi connectivity index (χ0v) is 23.1. The van der Waals surface area contributed by atoms with Gasteiger partial charge in [-0.3, -0.25) is 9.69 Å². The van der Waals surface area contributed by atoms with Crippen molar-refractivity contribution in [3.63, 3.8) is 0 Å². The molecule has 0 saturated carbocycles. The van der Waals surface area contributed by atoms with Gasteiger partial charge in [0.15, 0.2) is 5.13 Å². The first kappa shape index (κ1) is 25.8. The standard InChI is InChI=1S/C22H26Cl2N4O3S3/c1-14-7-8-15(23)20-19(14)25-22(33-20)27(13-12-26(2)3)21(29)16-6-4-5-11-28(16)34(30,31)18-10-9-17(24)32-18/h7-10,16H,4-6,11-13H2,1-3H3. The van der Waals surface area contributed by atoms with Gasteiger partial charge in [0.05, 0.1) is 19.6 Å². The van der Waals surface area contributed by atoms with Gasteiger partial charge >= 0.3 is 0 Å². The molecule has 1 aromatic carbocycles. The summed E-state index contributed by atoms with van der Waals surface area (Å²) in [4.78, 5) is 22.3. The third kappa shape index (κ3) is 5.13. The summed E-state index contributed by atoms with van der Waals surface area (Å²) in [7, 11) is 0.0119. The van der Waals surface area contributed by atoms with E-state index in [1.807, 2.05) is 38.1 Å². The van der Waals surface area contributed by atoms with E-state index in [0.29, 0.717) is 47.0 Å². The zero-order valence-electron chi connectivity index (χ0n) is 19.1. The second kappa shape index (κ2) is 10.4. The van der Waals surface area contributed by atoms with E-state index < -0.39 is 16.1 Å². The summed E-state index contributed by atoms with van der Waals surface area (Å²) in [5, 5.41) is 1.11. The van der Waals surface area contributed by atoms with Gasteiger partial charge in [-0.15, -0.1) is 11.3 Å². The molecule has 1 amide bonds. The van der Waals surface area contributed by atoms with E-state index in [1.54, 1.807) is 11.0 Å². The number of amides is 1. The number of thiophene rings is 1. The summed E-state index contributed by atoms with van der Waals surface area (Å²) in [5.41, 5.74) is 1.73. The maximum absolute atomic E-state index is 14.0. The lowest BCUT2D eigenvalue weighted by Crippen LogP contribution is -2.53. The fourth-order valence-electron chi connectivity index (χ4n) is 3.98. The number of rotatable bonds is 7. The predicted molar refractivity (Wildman–Crippen MR) is 141 cm³/mol. The third-order valence-electron chi connectivity index (χ3n) is 5.80. The first-order valence-corrected chi connectivity index (χ1v) is 14.7. The number of likely N-dealkylation sites (N-methyl/N-ethyl adjacent to an activating group) is 1. The van der Waals surface area contributed by atoms with E-state index in [9.17, 15) is 13.2 Å². The van der Waals surface area contributed by atoms with Crippen molar-refractivity contribution in [2.45, 2.75) is 36.4 Å². The van der Waals surface area contributed by atoms with Crippen molar-refractivity contribution < 1.29 is 13.2 Å². The summed E-state index contributed by atoms with van der Waals surface area (Å²) in [6.07, 6.45) is 1.94.